The van der Waals surface area contributed by atoms with Crippen LogP contribution in [0.1, 0.15) is 37.2 Å². The Balaban J connectivity index is 1.57. The minimum Gasteiger partial charge on any atom is -0.386 e. The van der Waals surface area contributed by atoms with Gasteiger partial charge in [-0.05, 0) is 36.8 Å². The van der Waals surface area contributed by atoms with Gasteiger partial charge in [-0.1, -0.05) is 31.0 Å². The van der Waals surface area contributed by atoms with Gasteiger partial charge in [0.2, 0.25) is 0 Å². The van der Waals surface area contributed by atoms with Crippen molar-refractivity contribution in [2.75, 3.05) is 19.6 Å². The molecule has 5 heteroatoms. The molecule has 1 unspecified atom stereocenters. The zero-order valence-electron chi connectivity index (χ0n) is 13.6. The number of aliphatic imine (C=N–C) groups is 1. The molecule has 0 spiro atoms. The van der Waals surface area contributed by atoms with Crippen LogP contribution in [0.4, 0.5) is 0 Å². The van der Waals surface area contributed by atoms with Crippen molar-refractivity contribution < 1.29 is 5.11 Å². The minimum atomic E-state index is -0.550. The third-order valence-corrected chi connectivity index (χ3v) is 5.30. The fourth-order valence-corrected chi connectivity index (χ4v) is 3.62. The van der Waals surface area contributed by atoms with Gasteiger partial charge in [0.1, 0.15) is 6.10 Å². The van der Waals surface area contributed by atoms with Gasteiger partial charge in [0.15, 0.2) is 5.96 Å². The lowest BCUT2D eigenvalue weighted by molar-refractivity contribution is 0.191. The molecule has 1 atom stereocenters. The third-order valence-electron chi connectivity index (χ3n) is 4.08. The summed E-state index contributed by atoms with van der Waals surface area (Å²) in [5.41, 5.74) is 0. The molecule has 3 N–H and O–H groups in total. The number of hydrogen-bond donors (Lipinski definition) is 3. The molecule has 1 aromatic carbocycles. The van der Waals surface area contributed by atoms with Crippen LogP contribution in [0.3, 0.4) is 0 Å². The smallest absolute Gasteiger partial charge is 0.191 e. The number of aliphatic hydroxyl groups is 1. The van der Waals surface area contributed by atoms with Crippen molar-refractivity contribution in [1.29, 1.82) is 0 Å². The van der Waals surface area contributed by atoms with Gasteiger partial charge in [-0.15, -0.1) is 11.3 Å². The molecule has 124 valence electrons. The van der Waals surface area contributed by atoms with Crippen molar-refractivity contribution in [2.24, 2.45) is 10.9 Å². The Kier molecular flexibility index (Phi) is 5.51. The molecule has 0 bridgehead atoms. The molecule has 3 rings (SSSR count). The molecule has 0 radical (unpaired) electrons. The molecular weight excluding hydrogens is 306 g/mol. The summed E-state index contributed by atoms with van der Waals surface area (Å²) in [5, 5.41) is 18.2. The summed E-state index contributed by atoms with van der Waals surface area (Å²) in [6.45, 7) is 4.22. The van der Waals surface area contributed by atoms with Crippen LogP contribution in [-0.2, 0) is 0 Å². The highest BCUT2D eigenvalue weighted by Crippen LogP contribution is 2.31. The van der Waals surface area contributed by atoms with E-state index in [1.807, 2.05) is 12.1 Å². The van der Waals surface area contributed by atoms with Crippen molar-refractivity contribution >= 4 is 27.4 Å². The van der Waals surface area contributed by atoms with Crippen LogP contribution >= 0.6 is 11.3 Å². The van der Waals surface area contributed by atoms with Gasteiger partial charge in [-0.25, -0.2) is 0 Å². The first-order chi connectivity index (χ1) is 11.3. The Morgan fingerprint density at radius 1 is 1.35 bits per heavy atom. The van der Waals surface area contributed by atoms with Gasteiger partial charge in [-0.2, -0.15) is 0 Å². The average molecular weight is 331 g/mol. The van der Waals surface area contributed by atoms with Crippen molar-refractivity contribution in [3.05, 3.63) is 35.2 Å². The standard InChI is InChI=1S/C18H25N3OS/c1-2-19-18(20-10-9-13-7-8-13)21-12-15(22)17-11-14-5-3-4-6-16(14)23-17/h3-6,11,13,15,22H,2,7-10,12H2,1H3,(H2,19,20,21). The van der Waals surface area contributed by atoms with E-state index in [-0.39, 0.29) is 0 Å². The molecule has 1 aliphatic carbocycles. The molecule has 1 heterocycles. The van der Waals surface area contributed by atoms with Gasteiger partial charge in [-0.3, -0.25) is 4.99 Å². The largest absolute Gasteiger partial charge is 0.386 e. The molecule has 4 nitrogen and oxygen atoms in total. The molecule has 1 aromatic heterocycles. The second kappa shape index (κ2) is 7.79. The lowest BCUT2D eigenvalue weighted by Crippen LogP contribution is -2.38. The van der Waals surface area contributed by atoms with Crippen LogP contribution in [0.15, 0.2) is 35.3 Å². The summed E-state index contributed by atoms with van der Waals surface area (Å²) < 4.78 is 1.21. The van der Waals surface area contributed by atoms with Crippen LogP contribution in [0.25, 0.3) is 10.1 Å². The van der Waals surface area contributed by atoms with Crippen molar-refractivity contribution in [1.82, 2.24) is 10.6 Å². The maximum atomic E-state index is 10.4. The van der Waals surface area contributed by atoms with E-state index in [2.05, 4.69) is 40.7 Å². The van der Waals surface area contributed by atoms with E-state index in [1.54, 1.807) is 11.3 Å². The van der Waals surface area contributed by atoms with Crippen molar-refractivity contribution in [3.63, 3.8) is 0 Å². The van der Waals surface area contributed by atoms with Gasteiger partial charge < -0.3 is 15.7 Å². The van der Waals surface area contributed by atoms with Crippen LogP contribution < -0.4 is 10.6 Å². The number of nitrogens with one attached hydrogen (secondary N) is 2. The lowest BCUT2D eigenvalue weighted by atomic mass is 10.2. The zero-order valence-corrected chi connectivity index (χ0v) is 14.4. The van der Waals surface area contributed by atoms with Gasteiger partial charge >= 0.3 is 0 Å². The first-order valence-corrected chi connectivity index (χ1v) is 9.26. The van der Waals surface area contributed by atoms with Gasteiger partial charge in [0.05, 0.1) is 6.54 Å². The van der Waals surface area contributed by atoms with E-state index in [0.29, 0.717) is 6.54 Å². The molecule has 23 heavy (non-hydrogen) atoms. The highest BCUT2D eigenvalue weighted by molar-refractivity contribution is 7.19. The molecule has 1 saturated carbocycles. The highest BCUT2D eigenvalue weighted by atomic mass is 32.1. The van der Waals surface area contributed by atoms with Crippen molar-refractivity contribution in [3.8, 4) is 0 Å². The summed E-state index contributed by atoms with van der Waals surface area (Å²) in [7, 11) is 0. The van der Waals surface area contributed by atoms with E-state index in [9.17, 15) is 5.11 Å². The number of fused-ring (bicyclic) bond motifs is 1. The quantitative estimate of drug-likeness (QED) is 0.539. The topological polar surface area (TPSA) is 56.7 Å². The lowest BCUT2D eigenvalue weighted by Gasteiger charge is -2.12. The van der Waals surface area contributed by atoms with E-state index < -0.39 is 6.10 Å². The third kappa shape index (κ3) is 4.69. The number of guanidine groups is 1. The molecular formula is C18H25N3OS. The van der Waals surface area contributed by atoms with Gasteiger partial charge in [0, 0.05) is 22.7 Å². The Hall–Kier alpha value is -1.59. The van der Waals surface area contributed by atoms with Crippen LogP contribution in [0, 0.1) is 5.92 Å². The van der Waals surface area contributed by atoms with E-state index in [1.165, 1.54) is 29.3 Å². The predicted molar refractivity (Wildman–Crippen MR) is 98.1 cm³/mol. The molecule has 0 aliphatic heterocycles. The monoisotopic (exact) mass is 331 g/mol. The Morgan fingerprint density at radius 3 is 2.91 bits per heavy atom. The Morgan fingerprint density at radius 2 is 2.17 bits per heavy atom. The van der Waals surface area contributed by atoms with E-state index in [4.69, 9.17) is 0 Å². The molecule has 1 aliphatic rings. The zero-order chi connectivity index (χ0) is 16.1. The number of nitrogens with zero attached hydrogens (tertiary/aromatic N) is 1. The van der Waals surface area contributed by atoms with E-state index >= 15 is 0 Å². The second-order valence-corrected chi connectivity index (χ2v) is 7.20. The van der Waals surface area contributed by atoms with Gasteiger partial charge in [0.25, 0.3) is 0 Å². The predicted octanol–water partition coefficient (Wildman–Crippen LogP) is 3.29. The minimum absolute atomic E-state index is 0.381. The molecule has 1 fully saturated rings. The summed E-state index contributed by atoms with van der Waals surface area (Å²) in [6, 6.07) is 10.3. The molecule has 0 saturated heterocycles. The summed E-state index contributed by atoms with van der Waals surface area (Å²) in [6.07, 6.45) is 3.41. The Labute approximate surface area is 141 Å². The first-order valence-electron chi connectivity index (χ1n) is 8.45. The number of rotatable bonds is 7. The SMILES string of the molecule is CCNC(=NCC(O)c1cc2ccccc2s1)NCCC1CC1. The normalized spacial score (nSPS) is 16.5. The maximum Gasteiger partial charge on any atom is 0.191 e. The molecule has 2 aromatic rings. The fourth-order valence-electron chi connectivity index (χ4n) is 2.58. The molecule has 0 amide bonds. The first kappa shape index (κ1) is 16.3. The fraction of sp³-hybridized carbons (Fsp3) is 0.500. The number of benzene rings is 1. The average Bonchev–Trinajstić information content (AvgIpc) is 3.27. The summed E-state index contributed by atoms with van der Waals surface area (Å²) in [5.74, 6) is 1.71. The Bertz CT molecular complexity index is 630. The maximum absolute atomic E-state index is 10.4. The van der Waals surface area contributed by atoms with Crippen LogP contribution in [0.5, 0.6) is 0 Å². The number of hydrogen-bond acceptors (Lipinski definition) is 3. The highest BCUT2D eigenvalue weighted by Gasteiger charge is 2.20. The van der Waals surface area contributed by atoms with Crippen molar-refractivity contribution in [2.45, 2.75) is 32.3 Å². The second-order valence-electron chi connectivity index (χ2n) is 6.08. The number of aliphatic hydroxyl groups excluding tert-OH is 1. The summed E-state index contributed by atoms with van der Waals surface area (Å²) >= 11 is 1.64. The van der Waals surface area contributed by atoms with E-state index in [0.717, 1.165) is 29.8 Å². The van der Waals surface area contributed by atoms with Crippen LogP contribution in [-0.4, -0.2) is 30.7 Å². The van der Waals surface area contributed by atoms with Crippen LogP contribution in [0.2, 0.25) is 0 Å². The number of thiophene rings is 1. The summed E-state index contributed by atoms with van der Waals surface area (Å²) in [4.78, 5) is 5.50.